The lowest BCUT2D eigenvalue weighted by molar-refractivity contribution is 0.606. The van der Waals surface area contributed by atoms with Gasteiger partial charge < -0.3 is 0 Å². The topological polar surface area (TPSA) is 46.5 Å². The van der Waals surface area contributed by atoms with Gasteiger partial charge >= 0.3 is 0 Å². The molecule has 0 fully saturated rings. The fourth-order valence-electron chi connectivity index (χ4n) is 1.73. The quantitative estimate of drug-likeness (QED) is 0.864. The standard InChI is InChI=1S/C11H14N4S2/c1-8(7-17-2)15-10(13-14-11(15)16)9-3-5-12-6-4-9/h3-6,8H,7H2,1-2H3,(H,14,16). The van der Waals surface area contributed by atoms with Crippen molar-refractivity contribution in [3.05, 3.63) is 29.3 Å². The molecule has 0 saturated heterocycles. The Bertz CT molecular complexity index is 532. The average molecular weight is 266 g/mol. The summed E-state index contributed by atoms with van der Waals surface area (Å²) >= 11 is 7.08. The minimum absolute atomic E-state index is 0.319. The molecule has 0 radical (unpaired) electrons. The third-order valence-electron chi connectivity index (χ3n) is 2.49. The summed E-state index contributed by atoms with van der Waals surface area (Å²) in [6.07, 6.45) is 5.61. The number of hydrogen-bond donors (Lipinski definition) is 1. The lowest BCUT2D eigenvalue weighted by Gasteiger charge is -2.14. The molecule has 1 N–H and O–H groups in total. The Balaban J connectivity index is 2.46. The highest BCUT2D eigenvalue weighted by atomic mass is 32.2. The Morgan fingerprint density at radius 2 is 2.18 bits per heavy atom. The van der Waals surface area contributed by atoms with Crippen LogP contribution >= 0.6 is 24.0 Å². The van der Waals surface area contributed by atoms with Gasteiger partial charge in [-0.1, -0.05) is 0 Å². The maximum Gasteiger partial charge on any atom is 0.195 e. The van der Waals surface area contributed by atoms with Crippen LogP contribution in [0.2, 0.25) is 0 Å². The van der Waals surface area contributed by atoms with Crippen LogP contribution in [0.1, 0.15) is 13.0 Å². The zero-order valence-corrected chi connectivity index (χ0v) is 11.4. The Morgan fingerprint density at radius 1 is 1.47 bits per heavy atom. The molecule has 1 unspecified atom stereocenters. The van der Waals surface area contributed by atoms with E-state index in [0.29, 0.717) is 10.8 Å². The van der Waals surface area contributed by atoms with Gasteiger partial charge in [0.15, 0.2) is 10.6 Å². The van der Waals surface area contributed by atoms with Crippen molar-refractivity contribution < 1.29 is 0 Å². The van der Waals surface area contributed by atoms with Gasteiger partial charge in [0, 0.05) is 29.8 Å². The summed E-state index contributed by atoms with van der Waals surface area (Å²) in [5.41, 5.74) is 1.03. The molecule has 90 valence electrons. The summed E-state index contributed by atoms with van der Waals surface area (Å²) in [6.45, 7) is 2.15. The second kappa shape index (κ2) is 5.46. The number of aromatic nitrogens is 4. The lowest BCUT2D eigenvalue weighted by Crippen LogP contribution is -2.09. The van der Waals surface area contributed by atoms with E-state index in [4.69, 9.17) is 12.2 Å². The Hall–Kier alpha value is -1.14. The van der Waals surface area contributed by atoms with E-state index in [2.05, 4.69) is 32.9 Å². The first-order valence-electron chi connectivity index (χ1n) is 5.30. The Labute approximate surface area is 109 Å². The molecule has 2 aromatic heterocycles. The van der Waals surface area contributed by atoms with Gasteiger partial charge in [-0.3, -0.25) is 14.6 Å². The van der Waals surface area contributed by atoms with Crippen molar-refractivity contribution in [2.45, 2.75) is 13.0 Å². The predicted octanol–water partition coefficient (Wildman–Crippen LogP) is 2.93. The van der Waals surface area contributed by atoms with Crippen molar-refractivity contribution >= 4 is 24.0 Å². The van der Waals surface area contributed by atoms with Gasteiger partial charge in [0.2, 0.25) is 0 Å². The summed E-state index contributed by atoms with van der Waals surface area (Å²) in [7, 11) is 0. The molecule has 4 nitrogen and oxygen atoms in total. The third-order valence-corrected chi connectivity index (χ3v) is 3.60. The Kier molecular flexibility index (Phi) is 3.96. The molecule has 0 aliphatic rings. The first-order valence-corrected chi connectivity index (χ1v) is 7.10. The zero-order chi connectivity index (χ0) is 12.3. The van der Waals surface area contributed by atoms with E-state index in [1.807, 2.05) is 12.1 Å². The molecule has 0 aliphatic heterocycles. The van der Waals surface area contributed by atoms with Crippen LogP contribution in [0.25, 0.3) is 11.4 Å². The highest BCUT2D eigenvalue weighted by Gasteiger charge is 2.13. The van der Waals surface area contributed by atoms with Crippen LogP contribution < -0.4 is 0 Å². The van der Waals surface area contributed by atoms with E-state index in [1.165, 1.54) is 0 Å². The molecule has 0 spiro atoms. The van der Waals surface area contributed by atoms with Crippen molar-refractivity contribution in [2.24, 2.45) is 0 Å². The monoisotopic (exact) mass is 266 g/mol. The minimum Gasteiger partial charge on any atom is -0.296 e. The van der Waals surface area contributed by atoms with Crippen LogP contribution in [0.3, 0.4) is 0 Å². The van der Waals surface area contributed by atoms with Crippen LogP contribution in [0.4, 0.5) is 0 Å². The predicted molar refractivity (Wildman–Crippen MR) is 73.7 cm³/mol. The summed E-state index contributed by atoms with van der Waals surface area (Å²) in [5, 5.41) is 7.16. The van der Waals surface area contributed by atoms with Gasteiger partial charge in [-0.05, 0) is 37.5 Å². The smallest absolute Gasteiger partial charge is 0.195 e. The lowest BCUT2D eigenvalue weighted by atomic mass is 10.2. The number of pyridine rings is 1. The van der Waals surface area contributed by atoms with Gasteiger partial charge in [-0.15, -0.1) is 0 Å². The number of nitrogens with zero attached hydrogens (tertiary/aromatic N) is 3. The van der Waals surface area contributed by atoms with E-state index < -0.39 is 0 Å². The van der Waals surface area contributed by atoms with Crippen LogP contribution in [-0.2, 0) is 0 Å². The van der Waals surface area contributed by atoms with E-state index >= 15 is 0 Å². The van der Waals surface area contributed by atoms with Crippen molar-refractivity contribution in [3.8, 4) is 11.4 Å². The molecular formula is C11H14N4S2. The number of aromatic amines is 1. The molecule has 6 heteroatoms. The van der Waals surface area contributed by atoms with Crippen LogP contribution in [0, 0.1) is 4.77 Å². The highest BCUT2D eigenvalue weighted by Crippen LogP contribution is 2.22. The van der Waals surface area contributed by atoms with Crippen LogP contribution in [-0.4, -0.2) is 31.8 Å². The fourth-order valence-corrected chi connectivity index (χ4v) is 2.68. The van der Waals surface area contributed by atoms with Gasteiger partial charge in [-0.2, -0.15) is 16.9 Å². The molecule has 0 aliphatic carbocycles. The molecule has 0 aromatic carbocycles. The first kappa shape index (κ1) is 12.3. The zero-order valence-electron chi connectivity index (χ0n) is 9.75. The van der Waals surface area contributed by atoms with E-state index in [9.17, 15) is 0 Å². The fraction of sp³-hybridized carbons (Fsp3) is 0.364. The van der Waals surface area contributed by atoms with Crippen LogP contribution in [0.15, 0.2) is 24.5 Å². The van der Waals surface area contributed by atoms with Crippen molar-refractivity contribution in [1.82, 2.24) is 19.7 Å². The number of rotatable bonds is 4. The highest BCUT2D eigenvalue weighted by molar-refractivity contribution is 7.98. The normalized spacial score (nSPS) is 12.6. The van der Waals surface area contributed by atoms with Crippen molar-refractivity contribution in [1.29, 1.82) is 0 Å². The van der Waals surface area contributed by atoms with Gasteiger partial charge in [0.1, 0.15) is 0 Å². The number of H-pyrrole nitrogens is 1. The third kappa shape index (κ3) is 2.58. The average Bonchev–Trinajstić information content (AvgIpc) is 2.73. The molecule has 0 saturated carbocycles. The van der Waals surface area contributed by atoms with E-state index in [-0.39, 0.29) is 0 Å². The number of thioether (sulfide) groups is 1. The molecule has 2 aromatic rings. The second-order valence-corrected chi connectivity index (χ2v) is 5.06. The van der Waals surface area contributed by atoms with Crippen molar-refractivity contribution in [3.63, 3.8) is 0 Å². The number of nitrogens with one attached hydrogen (secondary N) is 1. The second-order valence-electron chi connectivity index (χ2n) is 3.76. The number of hydrogen-bond acceptors (Lipinski definition) is 4. The summed E-state index contributed by atoms with van der Waals surface area (Å²) < 4.78 is 2.72. The molecule has 0 amide bonds. The molecule has 2 heterocycles. The molecule has 17 heavy (non-hydrogen) atoms. The first-order chi connectivity index (χ1) is 8.24. The molecular weight excluding hydrogens is 252 g/mol. The minimum atomic E-state index is 0.319. The summed E-state index contributed by atoms with van der Waals surface area (Å²) in [5.74, 6) is 1.88. The Morgan fingerprint density at radius 3 is 2.82 bits per heavy atom. The molecule has 1 atom stereocenters. The van der Waals surface area contributed by atoms with Gasteiger partial charge in [0.25, 0.3) is 0 Å². The molecule has 0 bridgehead atoms. The maximum atomic E-state index is 5.28. The maximum absolute atomic E-state index is 5.28. The molecule has 2 rings (SSSR count). The van der Waals surface area contributed by atoms with E-state index in [1.54, 1.807) is 24.2 Å². The van der Waals surface area contributed by atoms with Crippen LogP contribution in [0.5, 0.6) is 0 Å². The van der Waals surface area contributed by atoms with Gasteiger partial charge in [-0.25, -0.2) is 0 Å². The van der Waals surface area contributed by atoms with Gasteiger partial charge in [0.05, 0.1) is 0 Å². The van der Waals surface area contributed by atoms with Crippen molar-refractivity contribution in [2.75, 3.05) is 12.0 Å². The summed E-state index contributed by atoms with van der Waals surface area (Å²) in [4.78, 5) is 4.01. The largest absolute Gasteiger partial charge is 0.296 e. The summed E-state index contributed by atoms with van der Waals surface area (Å²) in [6, 6.07) is 4.19. The van der Waals surface area contributed by atoms with E-state index in [0.717, 1.165) is 17.1 Å². The SMILES string of the molecule is CSCC(C)n1c(-c2ccncc2)n[nH]c1=S.